The topological polar surface area (TPSA) is 317 Å². The molecule has 21 heteroatoms. The second-order valence-corrected chi connectivity index (χ2v) is 20.7. The molecule has 1 unspecified atom stereocenters. The molecule has 1 saturated carbocycles. The number of cyclic esters (lactones) is 1. The Labute approximate surface area is 402 Å². The highest BCUT2D eigenvalue weighted by molar-refractivity contribution is 7.47. The molecule has 0 saturated heterocycles. The van der Waals surface area contributed by atoms with Crippen LogP contribution in [0.15, 0.2) is 36.5 Å². The van der Waals surface area contributed by atoms with Crippen molar-refractivity contribution in [3.8, 4) is 0 Å². The molecular formula is C47H84O19P2. The van der Waals surface area contributed by atoms with Crippen LogP contribution < -0.4 is 0 Å². The molecule has 0 aromatic carbocycles. The molecule has 0 aromatic rings. The minimum absolute atomic E-state index is 0.0339. The fourth-order valence-corrected chi connectivity index (χ4v) is 9.78. The highest BCUT2D eigenvalue weighted by atomic mass is 31.2. The second-order valence-electron chi connectivity index (χ2n) is 18.1. The number of carbonyl (C=O) groups is 2. The van der Waals surface area contributed by atoms with E-state index in [1.165, 1.54) is 37.8 Å². The summed E-state index contributed by atoms with van der Waals surface area (Å²) in [6, 6.07) is 0. The molecule has 0 amide bonds. The number of phosphoric ester groups is 2. The van der Waals surface area contributed by atoms with Gasteiger partial charge < -0.3 is 59.9 Å². The molecule has 1 aliphatic heterocycles. The molecule has 1 fully saturated rings. The van der Waals surface area contributed by atoms with Gasteiger partial charge in [0.2, 0.25) is 0 Å². The third kappa shape index (κ3) is 26.0. The summed E-state index contributed by atoms with van der Waals surface area (Å²) >= 11 is 0. The van der Waals surface area contributed by atoms with Gasteiger partial charge in [-0.3, -0.25) is 23.2 Å². The molecule has 2 rings (SSSR count). The summed E-state index contributed by atoms with van der Waals surface area (Å²) in [6.45, 7) is 2.56. The number of hydrogen-bond donors (Lipinski definition) is 10. The van der Waals surface area contributed by atoms with Crippen LogP contribution in [-0.4, -0.2) is 137 Å². The highest BCUT2D eigenvalue weighted by Gasteiger charge is 2.51. The van der Waals surface area contributed by atoms with Crippen molar-refractivity contribution in [3.63, 3.8) is 0 Å². The van der Waals surface area contributed by atoms with Crippen molar-refractivity contribution in [2.45, 2.75) is 223 Å². The average molecular weight is 1020 g/mol. The number of hydrogen-bond acceptors (Lipinski definition) is 16. The minimum atomic E-state index is -5.77. The zero-order valence-corrected chi connectivity index (χ0v) is 41.9. The maximum absolute atomic E-state index is 13.8. The number of allylic oxidation sites excluding steroid dienone is 4. The van der Waals surface area contributed by atoms with Crippen molar-refractivity contribution in [1.29, 1.82) is 0 Å². The summed E-state index contributed by atoms with van der Waals surface area (Å²) in [4.78, 5) is 56.8. The zero-order valence-electron chi connectivity index (χ0n) is 40.1. The maximum Gasteiger partial charge on any atom is 0.472 e. The van der Waals surface area contributed by atoms with E-state index in [9.17, 15) is 69.1 Å². The van der Waals surface area contributed by atoms with E-state index in [-0.39, 0.29) is 32.1 Å². The SMILES string of the molecule is CCCCCC/C=C\CCCCCCCCCC(=O)O[C@@H]1COC(=O)CCC/C=C/C[C@@H]2[C@@H](O)[C@H](O)[C@@H](O)[C@H](OP(=O)(O)OC1)[C@H](OP(=O)(O)O)[C@H](O)[C@@H](/C=C/[C@@H](O)CCCCC)[C@H](O)C[C@@H]2O. The molecule has 2 aliphatic rings. The van der Waals surface area contributed by atoms with Crippen LogP contribution >= 0.6 is 15.6 Å². The molecular weight excluding hydrogens is 930 g/mol. The predicted octanol–water partition coefficient (Wildman–Crippen LogP) is 5.89. The van der Waals surface area contributed by atoms with Crippen molar-refractivity contribution in [2.24, 2.45) is 11.8 Å². The summed E-state index contributed by atoms with van der Waals surface area (Å²) in [5, 5.41) is 79.8. The Morgan fingerprint density at radius 2 is 1.44 bits per heavy atom. The van der Waals surface area contributed by atoms with Gasteiger partial charge in [-0.25, -0.2) is 9.13 Å². The largest absolute Gasteiger partial charge is 0.472 e. The molecule has 68 heavy (non-hydrogen) atoms. The van der Waals surface area contributed by atoms with Crippen molar-refractivity contribution in [3.05, 3.63) is 36.5 Å². The van der Waals surface area contributed by atoms with Gasteiger partial charge in [0.1, 0.15) is 31.0 Å². The normalized spacial score (nSPS) is 32.0. The van der Waals surface area contributed by atoms with Gasteiger partial charge in [0.15, 0.2) is 6.10 Å². The van der Waals surface area contributed by atoms with E-state index in [1.54, 1.807) is 6.08 Å². The molecule has 0 aromatic heterocycles. The fraction of sp³-hybridized carbons (Fsp3) is 0.830. The smallest absolute Gasteiger partial charge is 0.462 e. The number of phosphoric acid groups is 2. The molecule has 1 heterocycles. The summed E-state index contributed by atoms with van der Waals surface area (Å²) < 4.78 is 52.3. The van der Waals surface area contributed by atoms with Crippen molar-refractivity contribution in [2.75, 3.05) is 13.2 Å². The minimum Gasteiger partial charge on any atom is -0.462 e. The maximum atomic E-state index is 13.8. The van der Waals surface area contributed by atoms with Crippen LogP contribution in [0.25, 0.3) is 0 Å². The van der Waals surface area contributed by atoms with Gasteiger partial charge in [0, 0.05) is 31.1 Å². The number of carbonyl (C=O) groups excluding carboxylic acids is 2. The van der Waals surface area contributed by atoms with E-state index in [0.717, 1.165) is 70.3 Å². The lowest BCUT2D eigenvalue weighted by Gasteiger charge is -2.38. The molecule has 1 aliphatic carbocycles. The number of unbranched alkanes of at least 4 members (excludes halogenated alkanes) is 13. The van der Waals surface area contributed by atoms with Crippen LogP contribution in [0, 0.1) is 11.8 Å². The van der Waals surface area contributed by atoms with E-state index in [1.807, 2.05) is 6.92 Å². The molecule has 396 valence electrons. The van der Waals surface area contributed by atoms with E-state index >= 15 is 0 Å². The van der Waals surface area contributed by atoms with Gasteiger partial charge >= 0.3 is 27.6 Å². The lowest BCUT2D eigenvalue weighted by molar-refractivity contribution is -0.165. The van der Waals surface area contributed by atoms with E-state index < -0.39 is 120 Å². The Bertz CT molecular complexity index is 1570. The number of esters is 2. The van der Waals surface area contributed by atoms with Crippen LogP contribution in [-0.2, 0) is 41.8 Å². The fourth-order valence-electron chi connectivity index (χ4n) is 8.25. The number of rotatable bonds is 24. The Morgan fingerprint density at radius 3 is 2.09 bits per heavy atom. The quantitative estimate of drug-likeness (QED) is 0.0233. The van der Waals surface area contributed by atoms with Gasteiger partial charge in [-0.05, 0) is 57.8 Å². The Morgan fingerprint density at radius 1 is 0.824 bits per heavy atom. The van der Waals surface area contributed by atoms with Gasteiger partial charge in [-0.2, -0.15) is 0 Å². The first kappa shape index (κ1) is 62.2. The van der Waals surface area contributed by atoms with Crippen LogP contribution in [0.5, 0.6) is 0 Å². The third-order valence-electron chi connectivity index (χ3n) is 12.2. The molecule has 10 N–H and O–H groups in total. The summed E-state index contributed by atoms with van der Waals surface area (Å²) in [7, 11) is -11.4. The zero-order chi connectivity index (χ0) is 50.5. The molecule has 13 atom stereocenters. The van der Waals surface area contributed by atoms with Crippen LogP contribution in [0.3, 0.4) is 0 Å². The van der Waals surface area contributed by atoms with Gasteiger partial charge in [-0.15, -0.1) is 0 Å². The van der Waals surface area contributed by atoms with Gasteiger partial charge in [0.05, 0.1) is 37.1 Å². The van der Waals surface area contributed by atoms with E-state index in [4.69, 9.17) is 23.0 Å². The first-order chi connectivity index (χ1) is 32.3. The van der Waals surface area contributed by atoms with E-state index in [0.29, 0.717) is 19.3 Å². The number of fused-ring (bicyclic) bond motifs is 4. The third-order valence-corrected chi connectivity index (χ3v) is 13.7. The number of aliphatic hydroxyl groups is 7. The summed E-state index contributed by atoms with van der Waals surface area (Å²) in [6.07, 6.45) is 4.53. The first-order valence-corrected chi connectivity index (χ1v) is 27.8. The lowest BCUT2D eigenvalue weighted by Crippen LogP contribution is -2.56. The highest BCUT2D eigenvalue weighted by Crippen LogP contribution is 2.50. The average Bonchev–Trinajstić information content (AvgIpc) is 3.28. The van der Waals surface area contributed by atoms with Crippen molar-refractivity contribution in [1.82, 2.24) is 0 Å². The number of ether oxygens (including phenoxy) is 2. The summed E-state index contributed by atoms with van der Waals surface area (Å²) in [5.41, 5.74) is 0. The van der Waals surface area contributed by atoms with E-state index in [2.05, 4.69) is 19.1 Å². The monoisotopic (exact) mass is 1010 g/mol. The Balaban J connectivity index is 2.35. The molecule has 2 bridgehead atoms. The molecule has 19 nitrogen and oxygen atoms in total. The second kappa shape index (κ2) is 34.5. The number of aliphatic hydroxyl groups excluding tert-OH is 7. The lowest BCUT2D eigenvalue weighted by atomic mass is 9.83. The van der Waals surface area contributed by atoms with Crippen molar-refractivity contribution < 1.29 is 92.2 Å². The predicted molar refractivity (Wildman–Crippen MR) is 252 cm³/mol. The van der Waals surface area contributed by atoms with Crippen LogP contribution in [0.2, 0.25) is 0 Å². The first-order valence-electron chi connectivity index (χ1n) is 24.8. The van der Waals surface area contributed by atoms with Crippen molar-refractivity contribution >= 4 is 27.6 Å². The molecule has 0 radical (unpaired) electrons. The Hall–Kier alpha value is -1.90. The van der Waals surface area contributed by atoms with Gasteiger partial charge in [-0.1, -0.05) is 121 Å². The van der Waals surface area contributed by atoms with Crippen LogP contribution in [0.4, 0.5) is 0 Å². The Kier molecular flexibility index (Phi) is 31.5. The van der Waals surface area contributed by atoms with Gasteiger partial charge in [0.25, 0.3) is 0 Å². The summed E-state index contributed by atoms with van der Waals surface area (Å²) in [5.74, 6) is -4.53. The molecule has 0 spiro atoms. The van der Waals surface area contributed by atoms with Crippen LogP contribution in [0.1, 0.15) is 162 Å². The standard InChI is InChI=1S/C47H84O19P2/c1-3-5-7-8-9-10-11-12-13-14-15-16-17-18-24-28-41(52)64-35-32-62-40(51)27-23-20-19-22-26-36-38(49)31-39(50)37(30-29-34(48)25-21-6-4-2)43(54)46(65-67(57,58)59)47(45(56)44(55)42(36)53)66-68(60,61)63-33-35/h10-11,19,22,29-30,34-39,42-50,53-56H,3-9,12-18,20-21,23-28,31-33H2,1-2H3,(H,60,61)(H2,57,58,59)/b11-10-,22-19+,30-29+/t34-,35+,36-,37-,38-,39+,42+,43+,44-,45+,46+,47-/m0/s1.